The van der Waals surface area contributed by atoms with Crippen LogP contribution < -0.4 is 5.43 Å². The molecular formula is C18H13ClFNO3S. The molecule has 0 aliphatic carbocycles. The lowest BCUT2D eigenvalue weighted by atomic mass is 10.1. The van der Waals surface area contributed by atoms with Crippen LogP contribution >= 0.6 is 23.4 Å². The van der Waals surface area contributed by atoms with Gasteiger partial charge in [-0.1, -0.05) is 29.8 Å². The molecule has 0 saturated heterocycles. The Morgan fingerprint density at radius 1 is 1.28 bits per heavy atom. The van der Waals surface area contributed by atoms with Crippen LogP contribution in [-0.4, -0.2) is 18.1 Å². The average molecular weight is 378 g/mol. The number of pyridine rings is 1. The van der Waals surface area contributed by atoms with Gasteiger partial charge in [-0.05, 0) is 29.8 Å². The van der Waals surface area contributed by atoms with Gasteiger partial charge in [-0.25, -0.2) is 9.18 Å². The third-order valence-electron chi connectivity index (χ3n) is 3.65. The van der Waals surface area contributed by atoms with Crippen molar-refractivity contribution in [1.29, 1.82) is 0 Å². The van der Waals surface area contributed by atoms with Crippen molar-refractivity contribution in [1.82, 2.24) is 4.98 Å². The Labute approximate surface area is 152 Å². The maximum absolute atomic E-state index is 13.2. The number of thioether (sulfide) groups is 1. The smallest absolute Gasteiger partial charge is 0.344 e. The number of ether oxygens (including phenoxy) is 1. The van der Waals surface area contributed by atoms with Crippen LogP contribution in [0.4, 0.5) is 4.39 Å². The van der Waals surface area contributed by atoms with Crippen molar-refractivity contribution >= 4 is 40.2 Å². The summed E-state index contributed by atoms with van der Waals surface area (Å²) in [6.07, 6.45) is 0. The van der Waals surface area contributed by atoms with Crippen molar-refractivity contribution in [3.05, 3.63) is 74.7 Å². The highest BCUT2D eigenvalue weighted by molar-refractivity contribution is 7.98. The SMILES string of the molecule is COC(=O)c1c(SCc2ccc(F)cc2Cl)[nH]c2ccccc2c1=O. The second kappa shape index (κ2) is 7.29. The fraction of sp³-hybridized carbons (Fsp3) is 0.111. The molecule has 128 valence electrons. The molecule has 7 heteroatoms. The van der Waals surface area contributed by atoms with Crippen molar-refractivity contribution in [2.24, 2.45) is 0 Å². The molecule has 0 fully saturated rings. The van der Waals surface area contributed by atoms with E-state index in [2.05, 4.69) is 4.98 Å². The predicted octanol–water partition coefficient (Wildman–Crippen LogP) is 4.40. The molecule has 25 heavy (non-hydrogen) atoms. The summed E-state index contributed by atoms with van der Waals surface area (Å²) in [5.41, 5.74) is 0.865. The molecule has 4 nitrogen and oxygen atoms in total. The highest BCUT2D eigenvalue weighted by atomic mass is 35.5. The van der Waals surface area contributed by atoms with E-state index in [4.69, 9.17) is 16.3 Å². The fourth-order valence-electron chi connectivity index (χ4n) is 2.40. The van der Waals surface area contributed by atoms with E-state index in [1.807, 2.05) is 0 Å². The van der Waals surface area contributed by atoms with Gasteiger partial charge in [-0.3, -0.25) is 4.79 Å². The highest BCUT2D eigenvalue weighted by Crippen LogP contribution is 2.28. The number of halogens is 2. The number of aromatic nitrogens is 1. The van der Waals surface area contributed by atoms with Gasteiger partial charge < -0.3 is 9.72 Å². The van der Waals surface area contributed by atoms with Gasteiger partial charge in [0.05, 0.1) is 17.7 Å². The van der Waals surface area contributed by atoms with Gasteiger partial charge in [0.2, 0.25) is 5.43 Å². The first-order chi connectivity index (χ1) is 12.0. The van der Waals surface area contributed by atoms with Gasteiger partial charge in [0.15, 0.2) is 0 Å². The van der Waals surface area contributed by atoms with E-state index in [1.54, 1.807) is 30.3 Å². The number of benzene rings is 2. The predicted molar refractivity (Wildman–Crippen MR) is 96.9 cm³/mol. The zero-order chi connectivity index (χ0) is 18.0. The number of H-pyrrole nitrogens is 1. The molecule has 1 N–H and O–H groups in total. The van der Waals surface area contributed by atoms with E-state index in [0.29, 0.717) is 27.2 Å². The van der Waals surface area contributed by atoms with E-state index >= 15 is 0 Å². The molecule has 0 unspecified atom stereocenters. The zero-order valence-electron chi connectivity index (χ0n) is 13.1. The van der Waals surface area contributed by atoms with E-state index in [9.17, 15) is 14.0 Å². The first-order valence-electron chi connectivity index (χ1n) is 7.31. The van der Waals surface area contributed by atoms with Crippen LogP contribution in [0, 0.1) is 5.82 Å². The van der Waals surface area contributed by atoms with Crippen LogP contribution in [0.2, 0.25) is 5.02 Å². The number of carbonyl (C=O) groups is 1. The maximum atomic E-state index is 13.2. The fourth-order valence-corrected chi connectivity index (χ4v) is 3.76. The van der Waals surface area contributed by atoms with Crippen molar-refractivity contribution in [3.8, 4) is 0 Å². The lowest BCUT2D eigenvalue weighted by Crippen LogP contribution is -2.19. The number of carbonyl (C=O) groups excluding carboxylic acids is 1. The van der Waals surface area contributed by atoms with E-state index in [-0.39, 0.29) is 10.6 Å². The Morgan fingerprint density at radius 2 is 2.04 bits per heavy atom. The molecule has 0 bridgehead atoms. The number of hydrogen-bond acceptors (Lipinski definition) is 4. The molecule has 3 aromatic rings. The van der Waals surface area contributed by atoms with Gasteiger partial charge >= 0.3 is 5.97 Å². The third-order valence-corrected chi connectivity index (χ3v) is 5.05. The largest absolute Gasteiger partial charge is 0.465 e. The molecule has 0 aliphatic rings. The van der Waals surface area contributed by atoms with Gasteiger partial charge in [-0.2, -0.15) is 0 Å². The molecule has 0 amide bonds. The van der Waals surface area contributed by atoms with Gasteiger partial charge in [0, 0.05) is 16.2 Å². The van der Waals surface area contributed by atoms with Crippen LogP contribution in [0.15, 0.2) is 52.3 Å². The molecule has 0 aliphatic heterocycles. The maximum Gasteiger partial charge on any atom is 0.344 e. The molecule has 1 aromatic heterocycles. The second-order valence-electron chi connectivity index (χ2n) is 5.22. The molecule has 0 atom stereocenters. The minimum absolute atomic E-state index is 0.0514. The number of esters is 1. The summed E-state index contributed by atoms with van der Waals surface area (Å²) < 4.78 is 17.9. The Kier molecular flexibility index (Phi) is 5.11. The molecule has 1 heterocycles. The molecule has 2 aromatic carbocycles. The third kappa shape index (κ3) is 3.55. The standard InChI is InChI=1S/C18H13ClFNO3S/c1-24-18(23)15-16(22)12-4-2-3-5-14(12)21-17(15)25-9-10-6-7-11(20)8-13(10)19/h2-8H,9H2,1H3,(H,21,22). The minimum atomic E-state index is -0.709. The number of para-hydroxylation sites is 1. The second-order valence-corrected chi connectivity index (χ2v) is 6.61. The number of methoxy groups -OCH3 is 1. The number of aromatic amines is 1. The Bertz CT molecular complexity index is 1020. The van der Waals surface area contributed by atoms with Gasteiger partial charge in [-0.15, -0.1) is 11.8 Å². The highest BCUT2D eigenvalue weighted by Gasteiger charge is 2.20. The normalized spacial score (nSPS) is 10.8. The Morgan fingerprint density at radius 3 is 2.76 bits per heavy atom. The van der Waals surface area contributed by atoms with Crippen LogP contribution in [0.5, 0.6) is 0 Å². The quantitative estimate of drug-likeness (QED) is 0.540. The molecule has 0 saturated carbocycles. The van der Waals surface area contributed by atoms with Crippen LogP contribution in [-0.2, 0) is 10.5 Å². The molecule has 3 rings (SSSR count). The van der Waals surface area contributed by atoms with E-state index in [0.717, 1.165) is 0 Å². The van der Waals surface area contributed by atoms with E-state index in [1.165, 1.54) is 31.0 Å². The van der Waals surface area contributed by atoms with Crippen molar-refractivity contribution < 1.29 is 13.9 Å². The van der Waals surface area contributed by atoms with Crippen LogP contribution in [0.1, 0.15) is 15.9 Å². The molecule has 0 spiro atoms. The summed E-state index contributed by atoms with van der Waals surface area (Å²) in [6, 6.07) is 11.0. The van der Waals surface area contributed by atoms with Crippen LogP contribution in [0.25, 0.3) is 10.9 Å². The topological polar surface area (TPSA) is 59.2 Å². The van der Waals surface area contributed by atoms with Gasteiger partial charge in [0.25, 0.3) is 0 Å². The monoisotopic (exact) mass is 377 g/mol. The number of fused-ring (bicyclic) bond motifs is 1. The van der Waals surface area contributed by atoms with Crippen molar-refractivity contribution in [2.45, 2.75) is 10.8 Å². The van der Waals surface area contributed by atoms with Gasteiger partial charge in [0.1, 0.15) is 11.4 Å². The Hall–Kier alpha value is -2.31. The lowest BCUT2D eigenvalue weighted by molar-refractivity contribution is 0.0594. The summed E-state index contributed by atoms with van der Waals surface area (Å²) in [5, 5.41) is 1.08. The number of nitrogens with one attached hydrogen (secondary N) is 1. The van der Waals surface area contributed by atoms with E-state index < -0.39 is 17.2 Å². The first-order valence-corrected chi connectivity index (χ1v) is 8.67. The first kappa shape index (κ1) is 17.5. The summed E-state index contributed by atoms with van der Waals surface area (Å²) >= 11 is 7.26. The zero-order valence-corrected chi connectivity index (χ0v) is 14.7. The average Bonchev–Trinajstić information content (AvgIpc) is 2.60. The van der Waals surface area contributed by atoms with Crippen LogP contribution in [0.3, 0.4) is 0 Å². The molecular weight excluding hydrogens is 365 g/mol. The lowest BCUT2D eigenvalue weighted by Gasteiger charge is -2.10. The number of rotatable bonds is 4. The van der Waals surface area contributed by atoms with Crippen molar-refractivity contribution in [2.75, 3.05) is 7.11 Å². The minimum Gasteiger partial charge on any atom is -0.465 e. The summed E-state index contributed by atoms with van der Waals surface area (Å²) in [5.74, 6) is -0.773. The van der Waals surface area contributed by atoms with Crippen molar-refractivity contribution in [3.63, 3.8) is 0 Å². The summed E-state index contributed by atoms with van der Waals surface area (Å²) in [7, 11) is 1.22. The summed E-state index contributed by atoms with van der Waals surface area (Å²) in [6.45, 7) is 0. The Balaban J connectivity index is 2.05. The number of hydrogen-bond donors (Lipinski definition) is 1. The molecule has 0 radical (unpaired) electrons. The summed E-state index contributed by atoms with van der Waals surface area (Å²) in [4.78, 5) is 27.9.